The molecule has 1 aromatic carbocycles. The Hall–Kier alpha value is -3.58. The van der Waals surface area contributed by atoms with Gasteiger partial charge in [0.2, 0.25) is 10.0 Å². The highest BCUT2D eigenvalue weighted by atomic mass is 32.2. The number of aryl methyl sites for hydroxylation is 3. The second-order valence-electron chi connectivity index (χ2n) is 10.3. The quantitative estimate of drug-likeness (QED) is 0.280. The van der Waals surface area contributed by atoms with Gasteiger partial charge in [-0.15, -0.1) is 10.2 Å². The van der Waals surface area contributed by atoms with Gasteiger partial charge in [0.05, 0.1) is 22.6 Å². The molecule has 0 amide bonds. The third-order valence-electron chi connectivity index (χ3n) is 7.47. The highest BCUT2D eigenvalue weighted by Crippen LogP contribution is 2.34. The zero-order valence-electron chi connectivity index (χ0n) is 23.2. The molecule has 1 fully saturated rings. The van der Waals surface area contributed by atoms with E-state index in [2.05, 4.69) is 32.5 Å². The molecule has 0 unspecified atom stereocenters. The van der Waals surface area contributed by atoms with E-state index in [-0.39, 0.29) is 10.5 Å². The van der Waals surface area contributed by atoms with Gasteiger partial charge < -0.3 is 14.3 Å². The molecule has 214 valence electrons. The second-order valence-corrected chi connectivity index (χ2v) is 12.3. The Morgan fingerprint density at radius 2 is 1.93 bits per heavy atom. The third kappa shape index (κ3) is 5.66. The number of aromatic amines is 2. The molecule has 3 aromatic heterocycles. The first kappa shape index (κ1) is 28.0. The number of H-pyrrole nitrogens is 2. The monoisotopic (exact) mass is 568 g/mol. The summed E-state index contributed by atoms with van der Waals surface area (Å²) in [6, 6.07) is 4.82. The first-order valence-corrected chi connectivity index (χ1v) is 15.3. The van der Waals surface area contributed by atoms with E-state index in [4.69, 9.17) is 9.72 Å². The number of nitrogens with zero attached hydrogens (tertiary/aromatic N) is 6. The summed E-state index contributed by atoms with van der Waals surface area (Å²) < 4.78 is 36.8. The maximum atomic E-state index is 13.7. The minimum Gasteiger partial charge on any atom is -0.493 e. The van der Waals surface area contributed by atoms with Crippen LogP contribution in [0.5, 0.6) is 5.75 Å². The summed E-state index contributed by atoms with van der Waals surface area (Å²) >= 11 is 0. The van der Waals surface area contributed by atoms with Crippen LogP contribution in [-0.4, -0.2) is 67.6 Å². The average Bonchev–Trinajstić information content (AvgIpc) is 3.59. The van der Waals surface area contributed by atoms with E-state index >= 15 is 0 Å². The number of hydrogen-bond donors (Lipinski definition) is 2. The van der Waals surface area contributed by atoms with Crippen molar-refractivity contribution in [3.63, 3.8) is 0 Å². The lowest BCUT2D eigenvalue weighted by molar-refractivity contribution is 0.263. The standard InChI is InChI=1S/C27H36N8O4S/c1-4-6-19-17-34(3)25-24(19)28-26(29-27(25)36)21-16-20(8-9-22(21)39-15-5-2)40(37,38)35-13-11-18(12-14-35)7-10-23-30-32-33-31-23/h8-9,16-18H,4-7,10-15H2,1-3H3,(H,28,29,36)(H,30,31,32,33). The van der Waals surface area contributed by atoms with Gasteiger partial charge in [-0.3, -0.25) is 4.79 Å². The number of tetrazole rings is 1. The summed E-state index contributed by atoms with van der Waals surface area (Å²) in [5, 5.41) is 14.1. The van der Waals surface area contributed by atoms with Crippen LogP contribution in [-0.2, 0) is 29.9 Å². The van der Waals surface area contributed by atoms with Crippen LogP contribution in [0.3, 0.4) is 0 Å². The molecular weight excluding hydrogens is 532 g/mol. The summed E-state index contributed by atoms with van der Waals surface area (Å²) in [6.45, 7) is 5.41. The van der Waals surface area contributed by atoms with Gasteiger partial charge in [0, 0.05) is 32.8 Å². The van der Waals surface area contributed by atoms with Crippen molar-refractivity contribution in [1.29, 1.82) is 0 Å². The van der Waals surface area contributed by atoms with Crippen LogP contribution < -0.4 is 10.3 Å². The summed E-state index contributed by atoms with van der Waals surface area (Å²) in [5.74, 6) is 1.85. The Morgan fingerprint density at radius 1 is 1.12 bits per heavy atom. The van der Waals surface area contributed by atoms with Crippen molar-refractivity contribution in [3.05, 3.63) is 46.1 Å². The van der Waals surface area contributed by atoms with Gasteiger partial charge in [-0.25, -0.2) is 13.4 Å². The van der Waals surface area contributed by atoms with E-state index in [9.17, 15) is 13.2 Å². The molecule has 1 saturated heterocycles. The maximum absolute atomic E-state index is 13.7. The molecule has 13 heteroatoms. The van der Waals surface area contributed by atoms with Crippen molar-refractivity contribution in [2.24, 2.45) is 13.0 Å². The second kappa shape index (κ2) is 11.9. The molecule has 4 aromatic rings. The molecule has 5 rings (SSSR count). The molecular formula is C27H36N8O4S. The molecule has 0 spiro atoms. The van der Waals surface area contributed by atoms with Gasteiger partial charge in [0.1, 0.15) is 17.1 Å². The number of ether oxygens (including phenoxy) is 1. The lowest BCUT2D eigenvalue weighted by Gasteiger charge is -2.31. The van der Waals surface area contributed by atoms with E-state index < -0.39 is 10.0 Å². The zero-order chi connectivity index (χ0) is 28.3. The van der Waals surface area contributed by atoms with E-state index in [1.807, 2.05) is 20.2 Å². The van der Waals surface area contributed by atoms with Crippen LogP contribution in [0, 0.1) is 5.92 Å². The Bertz CT molecular complexity index is 1620. The van der Waals surface area contributed by atoms with Crippen LogP contribution in [0.2, 0.25) is 0 Å². The predicted octanol–water partition coefficient (Wildman–Crippen LogP) is 3.22. The number of nitrogens with one attached hydrogen (secondary N) is 2. The third-order valence-corrected chi connectivity index (χ3v) is 9.36. The van der Waals surface area contributed by atoms with Gasteiger partial charge in [-0.05, 0) is 61.8 Å². The van der Waals surface area contributed by atoms with Gasteiger partial charge in [0.25, 0.3) is 5.56 Å². The minimum absolute atomic E-state index is 0.154. The maximum Gasteiger partial charge on any atom is 0.275 e. The first-order chi connectivity index (χ1) is 19.3. The summed E-state index contributed by atoms with van der Waals surface area (Å²) in [7, 11) is -1.93. The fraction of sp³-hybridized carbons (Fsp3) is 0.519. The van der Waals surface area contributed by atoms with Crippen LogP contribution in [0.4, 0.5) is 0 Å². The molecule has 4 heterocycles. The van der Waals surface area contributed by atoms with Crippen LogP contribution in [0.1, 0.15) is 57.3 Å². The van der Waals surface area contributed by atoms with Gasteiger partial charge in [-0.1, -0.05) is 25.5 Å². The highest BCUT2D eigenvalue weighted by Gasteiger charge is 2.30. The van der Waals surface area contributed by atoms with E-state index in [0.717, 1.165) is 44.1 Å². The van der Waals surface area contributed by atoms with Gasteiger partial charge >= 0.3 is 0 Å². The number of benzene rings is 1. The van der Waals surface area contributed by atoms with Crippen LogP contribution in [0.15, 0.2) is 34.1 Å². The van der Waals surface area contributed by atoms with Crippen molar-refractivity contribution >= 4 is 21.1 Å². The molecule has 2 N–H and O–H groups in total. The molecule has 0 radical (unpaired) electrons. The normalized spacial score (nSPS) is 15.2. The Labute approximate surface area is 233 Å². The molecule has 0 atom stereocenters. The lowest BCUT2D eigenvalue weighted by atomic mass is 9.93. The molecule has 40 heavy (non-hydrogen) atoms. The number of hydrogen-bond acceptors (Lipinski definition) is 8. The fourth-order valence-electron chi connectivity index (χ4n) is 5.36. The molecule has 0 bridgehead atoms. The number of rotatable bonds is 11. The van der Waals surface area contributed by atoms with Crippen molar-refractivity contribution in [1.82, 2.24) is 39.5 Å². The number of aromatic nitrogens is 7. The number of piperidine rings is 1. The predicted molar refractivity (Wildman–Crippen MR) is 151 cm³/mol. The molecule has 1 aliphatic heterocycles. The van der Waals surface area contributed by atoms with E-state index in [1.165, 1.54) is 0 Å². The van der Waals surface area contributed by atoms with Gasteiger partial charge in [-0.2, -0.15) is 9.52 Å². The summed E-state index contributed by atoms with van der Waals surface area (Å²) in [6.07, 6.45) is 7.55. The number of sulfonamides is 1. The average molecular weight is 569 g/mol. The summed E-state index contributed by atoms with van der Waals surface area (Å²) in [5.41, 5.74) is 2.28. The molecule has 0 saturated carbocycles. The SMILES string of the molecule is CCCOc1ccc(S(=O)(=O)N2CCC(CCc3nn[nH]n3)CC2)cc1-c1nc2c(CCC)cn(C)c2c(=O)[nH]1. The Balaban J connectivity index is 1.44. The molecule has 1 aliphatic rings. The van der Waals surface area contributed by atoms with Crippen molar-refractivity contribution in [3.8, 4) is 17.1 Å². The topological polar surface area (TPSA) is 152 Å². The zero-order valence-corrected chi connectivity index (χ0v) is 24.0. The van der Waals surface area contributed by atoms with Crippen molar-refractivity contribution < 1.29 is 13.2 Å². The van der Waals surface area contributed by atoms with E-state index in [1.54, 1.807) is 27.1 Å². The molecule has 0 aliphatic carbocycles. The minimum atomic E-state index is -3.76. The first-order valence-electron chi connectivity index (χ1n) is 13.9. The van der Waals surface area contributed by atoms with Crippen LogP contribution >= 0.6 is 0 Å². The van der Waals surface area contributed by atoms with Crippen molar-refractivity contribution in [2.75, 3.05) is 19.7 Å². The number of fused-ring (bicyclic) bond motifs is 1. The fourth-order valence-corrected chi connectivity index (χ4v) is 6.86. The highest BCUT2D eigenvalue weighted by molar-refractivity contribution is 7.89. The Kier molecular flexibility index (Phi) is 8.31. The van der Waals surface area contributed by atoms with Gasteiger partial charge in [0.15, 0.2) is 5.82 Å². The van der Waals surface area contributed by atoms with E-state index in [0.29, 0.717) is 66.0 Å². The summed E-state index contributed by atoms with van der Waals surface area (Å²) in [4.78, 5) is 21.0. The lowest BCUT2D eigenvalue weighted by Crippen LogP contribution is -2.38. The molecule has 12 nitrogen and oxygen atoms in total. The Morgan fingerprint density at radius 3 is 2.62 bits per heavy atom. The van der Waals surface area contributed by atoms with Crippen molar-refractivity contribution in [2.45, 2.75) is 63.7 Å². The smallest absolute Gasteiger partial charge is 0.275 e. The van der Waals surface area contributed by atoms with Crippen LogP contribution in [0.25, 0.3) is 22.4 Å². The largest absolute Gasteiger partial charge is 0.493 e.